The van der Waals surface area contributed by atoms with Crippen LogP contribution in [-0.4, -0.2) is 5.71 Å². The molecule has 0 unspecified atom stereocenters. The number of hydrogen-bond donors (Lipinski definition) is 1. The molecule has 0 spiro atoms. The molecule has 0 aliphatic rings. The number of rotatable bonds is 2. The second-order valence-electron chi connectivity index (χ2n) is 3.02. The highest BCUT2D eigenvalue weighted by Gasteiger charge is 2.31. The summed E-state index contributed by atoms with van der Waals surface area (Å²) < 4.78 is 37.7. The molecule has 0 atom stereocenters. The number of halogens is 4. The van der Waals surface area contributed by atoms with Crippen molar-refractivity contribution in [2.75, 3.05) is 5.43 Å². The van der Waals surface area contributed by atoms with Crippen molar-refractivity contribution in [1.82, 2.24) is 0 Å². The molecule has 0 aromatic heterocycles. The van der Waals surface area contributed by atoms with Crippen LogP contribution in [0.1, 0.15) is 5.56 Å². The summed E-state index contributed by atoms with van der Waals surface area (Å²) in [5, 5.41) is 20.2. The third kappa shape index (κ3) is 3.75. The highest BCUT2D eigenvalue weighted by molar-refractivity contribution is 9.10. The van der Waals surface area contributed by atoms with Crippen molar-refractivity contribution in [2.24, 2.45) is 5.10 Å². The Morgan fingerprint density at radius 1 is 1.22 bits per heavy atom. The number of anilines is 1. The van der Waals surface area contributed by atoms with Crippen molar-refractivity contribution in [3.8, 4) is 12.1 Å². The van der Waals surface area contributed by atoms with Crippen molar-refractivity contribution in [3.63, 3.8) is 0 Å². The Morgan fingerprint density at radius 3 is 2.33 bits per heavy atom. The third-order valence-corrected chi connectivity index (χ3v) is 2.19. The van der Waals surface area contributed by atoms with Crippen molar-refractivity contribution < 1.29 is 13.2 Å². The number of hydrogen-bond acceptors (Lipinski definition) is 4. The van der Waals surface area contributed by atoms with E-state index in [-0.39, 0.29) is 10.2 Å². The van der Waals surface area contributed by atoms with Crippen molar-refractivity contribution >= 4 is 27.3 Å². The van der Waals surface area contributed by atoms with Crippen LogP contribution in [0.3, 0.4) is 0 Å². The van der Waals surface area contributed by atoms with Gasteiger partial charge < -0.3 is 0 Å². The lowest BCUT2D eigenvalue weighted by molar-refractivity contribution is -0.137. The Morgan fingerprint density at radius 2 is 1.83 bits per heavy atom. The summed E-state index contributed by atoms with van der Waals surface area (Å²) in [5.74, 6) is 0. The van der Waals surface area contributed by atoms with Gasteiger partial charge in [-0.25, -0.2) is 0 Å². The summed E-state index contributed by atoms with van der Waals surface area (Å²) in [7, 11) is 0. The number of alkyl halides is 3. The van der Waals surface area contributed by atoms with Crippen molar-refractivity contribution in [1.29, 1.82) is 10.5 Å². The normalized spacial score (nSPS) is 10.1. The molecule has 0 heterocycles. The number of nitriles is 2. The SMILES string of the molecule is N#CC(C#N)=NNc1cc(Br)cc(C(F)(F)F)c1. The second kappa shape index (κ2) is 5.52. The maximum absolute atomic E-state index is 12.5. The van der Waals surface area contributed by atoms with Gasteiger partial charge in [-0.05, 0) is 18.2 Å². The summed E-state index contributed by atoms with van der Waals surface area (Å²) in [6.45, 7) is 0. The fourth-order valence-electron chi connectivity index (χ4n) is 1.01. The van der Waals surface area contributed by atoms with Gasteiger partial charge in [-0.15, -0.1) is 0 Å². The summed E-state index contributed by atoms with van der Waals surface area (Å²) in [6.07, 6.45) is -4.49. The third-order valence-electron chi connectivity index (χ3n) is 1.73. The van der Waals surface area contributed by atoms with Gasteiger partial charge in [-0.2, -0.15) is 28.8 Å². The first-order valence-electron chi connectivity index (χ1n) is 4.38. The topological polar surface area (TPSA) is 72.0 Å². The summed E-state index contributed by atoms with van der Waals surface area (Å²) >= 11 is 2.93. The summed E-state index contributed by atoms with van der Waals surface area (Å²) in [4.78, 5) is 0. The van der Waals surface area contributed by atoms with E-state index < -0.39 is 17.5 Å². The zero-order chi connectivity index (χ0) is 13.8. The van der Waals surface area contributed by atoms with E-state index in [1.165, 1.54) is 18.2 Å². The average Bonchev–Trinajstić information content (AvgIpc) is 2.28. The monoisotopic (exact) mass is 316 g/mol. The number of nitrogens with one attached hydrogen (secondary N) is 1. The van der Waals surface area contributed by atoms with Gasteiger partial charge in [0.2, 0.25) is 5.71 Å². The van der Waals surface area contributed by atoms with Crippen LogP contribution in [0.2, 0.25) is 0 Å². The number of benzene rings is 1. The molecule has 4 nitrogen and oxygen atoms in total. The van der Waals surface area contributed by atoms with E-state index >= 15 is 0 Å². The maximum atomic E-state index is 12.5. The van der Waals surface area contributed by atoms with Gasteiger partial charge in [-0.1, -0.05) is 15.9 Å². The largest absolute Gasteiger partial charge is 0.416 e. The first-order valence-corrected chi connectivity index (χ1v) is 5.18. The lowest BCUT2D eigenvalue weighted by Crippen LogP contribution is -2.06. The molecule has 1 aromatic rings. The Labute approximate surface area is 108 Å². The highest BCUT2D eigenvalue weighted by atomic mass is 79.9. The Hall–Kier alpha value is -2.06. The molecule has 1 N–H and O–H groups in total. The van der Waals surface area contributed by atoms with Gasteiger partial charge >= 0.3 is 6.18 Å². The van der Waals surface area contributed by atoms with Crippen LogP contribution in [0, 0.1) is 22.7 Å². The number of nitrogens with zero attached hydrogens (tertiary/aromatic N) is 3. The lowest BCUT2D eigenvalue weighted by Gasteiger charge is -2.09. The van der Waals surface area contributed by atoms with Gasteiger partial charge in [0.05, 0.1) is 11.3 Å². The van der Waals surface area contributed by atoms with Crippen LogP contribution in [0.4, 0.5) is 18.9 Å². The fourth-order valence-corrected chi connectivity index (χ4v) is 1.51. The van der Waals surface area contributed by atoms with Crippen LogP contribution in [0.5, 0.6) is 0 Å². The maximum Gasteiger partial charge on any atom is 0.416 e. The Balaban J connectivity index is 3.06. The molecule has 0 saturated heterocycles. The smallest absolute Gasteiger partial charge is 0.276 e. The number of hydrazone groups is 1. The summed E-state index contributed by atoms with van der Waals surface area (Å²) in [6, 6.07) is 6.01. The van der Waals surface area contributed by atoms with Gasteiger partial charge in [0.15, 0.2) is 0 Å². The molecule has 0 bridgehead atoms. The minimum absolute atomic E-state index is 0.0136. The van der Waals surface area contributed by atoms with Crippen LogP contribution >= 0.6 is 15.9 Å². The molecule has 8 heteroatoms. The van der Waals surface area contributed by atoms with E-state index in [2.05, 4.69) is 26.5 Å². The lowest BCUT2D eigenvalue weighted by atomic mass is 10.2. The zero-order valence-electron chi connectivity index (χ0n) is 8.59. The quantitative estimate of drug-likeness (QED) is 0.672. The van der Waals surface area contributed by atoms with Crippen LogP contribution in [0.25, 0.3) is 0 Å². The molecule has 0 saturated carbocycles. The Bertz CT molecular complexity index is 550. The van der Waals surface area contributed by atoms with E-state index in [0.717, 1.165) is 12.1 Å². The van der Waals surface area contributed by atoms with E-state index in [9.17, 15) is 13.2 Å². The predicted octanol–water partition coefficient (Wildman–Crippen LogP) is 3.28. The minimum atomic E-state index is -4.49. The minimum Gasteiger partial charge on any atom is -0.276 e. The molecular formula is C10H4BrF3N4. The van der Waals surface area contributed by atoms with Crippen LogP contribution in [-0.2, 0) is 6.18 Å². The molecular weight excluding hydrogens is 313 g/mol. The standard InChI is InChI=1S/C10H4BrF3N4/c11-7-1-6(10(12,13)14)2-8(3-7)17-18-9(4-15)5-16/h1-3,17H. The van der Waals surface area contributed by atoms with Crippen LogP contribution in [0.15, 0.2) is 27.8 Å². The van der Waals surface area contributed by atoms with Crippen molar-refractivity contribution in [3.05, 3.63) is 28.2 Å². The summed E-state index contributed by atoms with van der Waals surface area (Å²) in [5.41, 5.74) is 0.873. The van der Waals surface area contributed by atoms with E-state index in [1.807, 2.05) is 0 Å². The molecule has 92 valence electrons. The van der Waals surface area contributed by atoms with E-state index in [1.54, 1.807) is 0 Å². The molecule has 0 amide bonds. The average molecular weight is 317 g/mol. The molecule has 1 aromatic carbocycles. The molecule has 1 rings (SSSR count). The molecule has 0 radical (unpaired) electrons. The van der Waals surface area contributed by atoms with Gasteiger partial charge in [0, 0.05) is 4.47 Å². The van der Waals surface area contributed by atoms with Gasteiger partial charge in [0.1, 0.15) is 12.1 Å². The zero-order valence-corrected chi connectivity index (χ0v) is 10.2. The highest BCUT2D eigenvalue weighted by Crippen LogP contribution is 2.33. The van der Waals surface area contributed by atoms with E-state index in [0.29, 0.717) is 0 Å². The molecule has 0 aliphatic heterocycles. The van der Waals surface area contributed by atoms with Crippen molar-refractivity contribution in [2.45, 2.75) is 6.18 Å². The first kappa shape index (κ1) is 14.0. The molecule has 0 aliphatic carbocycles. The first-order chi connectivity index (χ1) is 8.36. The van der Waals surface area contributed by atoms with Crippen LogP contribution < -0.4 is 5.43 Å². The fraction of sp³-hybridized carbons (Fsp3) is 0.100. The predicted molar refractivity (Wildman–Crippen MR) is 61.4 cm³/mol. The molecule has 18 heavy (non-hydrogen) atoms. The van der Waals surface area contributed by atoms with E-state index in [4.69, 9.17) is 10.5 Å². The second-order valence-corrected chi connectivity index (χ2v) is 3.94. The van der Waals surface area contributed by atoms with Gasteiger partial charge in [0.25, 0.3) is 0 Å². The molecule has 0 fully saturated rings. The Kier molecular flexibility index (Phi) is 4.29. The van der Waals surface area contributed by atoms with Gasteiger partial charge in [-0.3, -0.25) is 5.43 Å².